The van der Waals surface area contributed by atoms with Gasteiger partial charge in [-0.05, 0) is 18.2 Å². The molecule has 2 rings (SSSR count). The van der Waals surface area contributed by atoms with Crippen LogP contribution in [0, 0.1) is 10.1 Å². The van der Waals surface area contributed by atoms with Crippen molar-refractivity contribution in [3.8, 4) is 11.3 Å². The minimum atomic E-state index is -1.17. The lowest BCUT2D eigenvalue weighted by molar-refractivity contribution is -0.384. The number of carbonyl (C=O) groups is 1. The molecule has 6 nitrogen and oxygen atoms in total. The fourth-order valence-corrected chi connectivity index (χ4v) is 1.63. The van der Waals surface area contributed by atoms with Gasteiger partial charge in [0.1, 0.15) is 0 Å². The molecule has 0 unspecified atom stereocenters. The van der Waals surface area contributed by atoms with Crippen LogP contribution in [0.2, 0.25) is 0 Å². The average Bonchev–Trinajstić information content (AvgIpc) is 2.38. The lowest BCUT2D eigenvalue weighted by Gasteiger charge is -2.05. The first-order valence-corrected chi connectivity index (χ1v) is 5.03. The Morgan fingerprint density at radius 1 is 1.22 bits per heavy atom. The fourth-order valence-electron chi connectivity index (χ4n) is 1.63. The van der Waals surface area contributed by atoms with Gasteiger partial charge >= 0.3 is 5.97 Å². The molecule has 1 heterocycles. The molecule has 6 heteroatoms. The molecule has 90 valence electrons. The van der Waals surface area contributed by atoms with E-state index in [0.29, 0.717) is 0 Å². The summed E-state index contributed by atoms with van der Waals surface area (Å²) in [6.07, 6.45) is 1.40. The van der Waals surface area contributed by atoms with Crippen LogP contribution in [0.3, 0.4) is 0 Å². The number of hydrogen-bond acceptors (Lipinski definition) is 4. The van der Waals surface area contributed by atoms with Crippen molar-refractivity contribution in [1.29, 1.82) is 0 Å². The highest BCUT2D eigenvalue weighted by Crippen LogP contribution is 2.30. The third-order valence-electron chi connectivity index (χ3n) is 2.39. The Kier molecular flexibility index (Phi) is 3.01. The molecule has 0 saturated heterocycles. The minimum absolute atomic E-state index is 0.0631. The summed E-state index contributed by atoms with van der Waals surface area (Å²) in [6, 6.07) is 8.75. The molecule has 1 N–H and O–H groups in total. The summed E-state index contributed by atoms with van der Waals surface area (Å²) in [6.45, 7) is 0. The summed E-state index contributed by atoms with van der Waals surface area (Å²) in [5, 5.41) is 20.0. The molecule has 0 fully saturated rings. The molecule has 18 heavy (non-hydrogen) atoms. The third kappa shape index (κ3) is 2.03. The molecule has 1 aromatic heterocycles. The van der Waals surface area contributed by atoms with Crippen LogP contribution in [0.5, 0.6) is 0 Å². The minimum Gasteiger partial charge on any atom is -0.478 e. The maximum Gasteiger partial charge on any atom is 0.337 e. The normalized spacial score (nSPS) is 10.0. The van der Waals surface area contributed by atoms with E-state index in [1.807, 2.05) is 0 Å². The summed E-state index contributed by atoms with van der Waals surface area (Å²) in [4.78, 5) is 25.3. The molecule has 0 amide bonds. The number of pyridine rings is 1. The fraction of sp³-hybridized carbons (Fsp3) is 0. The molecule has 1 aromatic carbocycles. The van der Waals surface area contributed by atoms with E-state index in [4.69, 9.17) is 5.11 Å². The summed E-state index contributed by atoms with van der Waals surface area (Å²) in [7, 11) is 0. The van der Waals surface area contributed by atoms with E-state index in [2.05, 4.69) is 4.98 Å². The van der Waals surface area contributed by atoms with Crippen molar-refractivity contribution in [3.63, 3.8) is 0 Å². The molecule has 0 saturated carbocycles. The summed E-state index contributed by atoms with van der Waals surface area (Å²) in [5.41, 5.74) is 0.0586. The second kappa shape index (κ2) is 4.62. The summed E-state index contributed by atoms with van der Waals surface area (Å²) < 4.78 is 0. The van der Waals surface area contributed by atoms with Gasteiger partial charge in [0.25, 0.3) is 5.69 Å². The van der Waals surface area contributed by atoms with Gasteiger partial charge in [-0.1, -0.05) is 12.1 Å². The molecule has 0 spiro atoms. The van der Waals surface area contributed by atoms with Crippen molar-refractivity contribution < 1.29 is 14.8 Å². The highest BCUT2D eigenvalue weighted by Gasteiger charge is 2.20. The largest absolute Gasteiger partial charge is 0.478 e. The van der Waals surface area contributed by atoms with Crippen molar-refractivity contribution in [2.24, 2.45) is 0 Å². The topological polar surface area (TPSA) is 93.3 Å². The number of carboxylic acids is 1. The number of para-hydroxylation sites is 1. The van der Waals surface area contributed by atoms with Crippen molar-refractivity contribution in [1.82, 2.24) is 4.98 Å². The predicted octanol–water partition coefficient (Wildman–Crippen LogP) is 2.36. The summed E-state index contributed by atoms with van der Waals surface area (Å²) >= 11 is 0. The van der Waals surface area contributed by atoms with Gasteiger partial charge in [0.05, 0.1) is 21.7 Å². The van der Waals surface area contributed by atoms with E-state index in [1.165, 1.54) is 36.5 Å². The van der Waals surface area contributed by atoms with Crippen LogP contribution >= 0.6 is 0 Å². The Bertz CT molecular complexity index is 569. The lowest BCUT2D eigenvalue weighted by Crippen LogP contribution is -2.02. The molecule has 0 atom stereocenters. The number of nitro groups is 1. The van der Waals surface area contributed by atoms with Crippen LogP contribution in [0.25, 0.3) is 11.3 Å². The summed E-state index contributed by atoms with van der Waals surface area (Å²) in [5.74, 6) is -1.17. The molecular formula is C12H8N2O4. The monoisotopic (exact) mass is 244 g/mol. The van der Waals surface area contributed by atoms with Crippen molar-refractivity contribution in [2.45, 2.75) is 0 Å². The van der Waals surface area contributed by atoms with E-state index in [9.17, 15) is 14.9 Å². The van der Waals surface area contributed by atoms with Crippen molar-refractivity contribution >= 4 is 11.7 Å². The Balaban J connectivity index is 2.70. The second-order valence-electron chi connectivity index (χ2n) is 3.48. The number of aromatic nitrogens is 1. The van der Waals surface area contributed by atoms with Crippen LogP contribution in [-0.2, 0) is 0 Å². The van der Waals surface area contributed by atoms with Crippen LogP contribution in [0.15, 0.2) is 42.6 Å². The van der Waals surface area contributed by atoms with Crippen molar-refractivity contribution in [3.05, 3.63) is 58.3 Å². The van der Waals surface area contributed by atoms with Crippen LogP contribution in [0.1, 0.15) is 10.4 Å². The number of rotatable bonds is 3. The van der Waals surface area contributed by atoms with Crippen molar-refractivity contribution in [2.75, 3.05) is 0 Å². The molecule has 0 aliphatic heterocycles. The Hall–Kier alpha value is -2.76. The highest BCUT2D eigenvalue weighted by molar-refractivity contribution is 5.95. The van der Waals surface area contributed by atoms with Gasteiger partial charge in [0.2, 0.25) is 0 Å². The van der Waals surface area contributed by atoms with E-state index in [1.54, 1.807) is 6.07 Å². The number of benzene rings is 1. The first kappa shape index (κ1) is 11.7. The van der Waals surface area contributed by atoms with Gasteiger partial charge in [-0.25, -0.2) is 4.79 Å². The first-order chi connectivity index (χ1) is 8.61. The SMILES string of the molecule is O=C(O)c1cccnc1-c1ccccc1[N+](=O)[O-]. The molecule has 0 radical (unpaired) electrons. The zero-order valence-electron chi connectivity index (χ0n) is 9.11. The molecule has 0 bridgehead atoms. The number of hydrogen-bond donors (Lipinski definition) is 1. The number of nitro benzene ring substituents is 1. The molecule has 2 aromatic rings. The number of nitrogens with zero attached hydrogens (tertiary/aromatic N) is 2. The Morgan fingerprint density at radius 2 is 1.94 bits per heavy atom. The van der Waals surface area contributed by atoms with E-state index in [-0.39, 0.29) is 22.5 Å². The van der Waals surface area contributed by atoms with Crippen LogP contribution in [0.4, 0.5) is 5.69 Å². The zero-order valence-corrected chi connectivity index (χ0v) is 9.11. The average molecular weight is 244 g/mol. The predicted molar refractivity (Wildman–Crippen MR) is 63.3 cm³/mol. The first-order valence-electron chi connectivity index (χ1n) is 5.03. The van der Waals surface area contributed by atoms with Gasteiger partial charge in [0.15, 0.2) is 0 Å². The standard InChI is InChI=1S/C12H8N2O4/c15-12(16)9-5-3-7-13-11(9)8-4-1-2-6-10(8)14(17)18/h1-7H,(H,15,16). The van der Waals surface area contributed by atoms with Gasteiger partial charge < -0.3 is 5.11 Å². The number of carboxylic acid groups (broad SMARTS) is 1. The Morgan fingerprint density at radius 3 is 2.61 bits per heavy atom. The van der Waals surface area contributed by atoms with E-state index < -0.39 is 10.9 Å². The van der Waals surface area contributed by atoms with E-state index >= 15 is 0 Å². The highest BCUT2D eigenvalue weighted by atomic mass is 16.6. The Labute approximate surface area is 102 Å². The van der Waals surface area contributed by atoms with Crippen LogP contribution in [-0.4, -0.2) is 21.0 Å². The third-order valence-corrected chi connectivity index (χ3v) is 2.39. The smallest absolute Gasteiger partial charge is 0.337 e. The molecule has 0 aliphatic rings. The lowest BCUT2D eigenvalue weighted by atomic mass is 10.0. The van der Waals surface area contributed by atoms with Gasteiger partial charge in [-0.15, -0.1) is 0 Å². The molecular weight excluding hydrogens is 236 g/mol. The van der Waals surface area contributed by atoms with Crippen LogP contribution < -0.4 is 0 Å². The quantitative estimate of drug-likeness (QED) is 0.660. The van der Waals surface area contributed by atoms with Gasteiger partial charge in [-0.3, -0.25) is 15.1 Å². The number of aromatic carboxylic acids is 1. The van der Waals surface area contributed by atoms with E-state index in [0.717, 1.165) is 0 Å². The molecule has 0 aliphatic carbocycles. The second-order valence-corrected chi connectivity index (χ2v) is 3.48. The maximum absolute atomic E-state index is 11.1. The van der Waals surface area contributed by atoms with Gasteiger partial charge in [0, 0.05) is 12.3 Å². The zero-order chi connectivity index (χ0) is 13.1. The maximum atomic E-state index is 11.1. The van der Waals surface area contributed by atoms with Gasteiger partial charge in [-0.2, -0.15) is 0 Å².